The minimum atomic E-state index is 0.592. The molecule has 0 aliphatic heterocycles. The summed E-state index contributed by atoms with van der Waals surface area (Å²) in [5, 5.41) is 0. The van der Waals surface area contributed by atoms with E-state index in [2.05, 4.69) is 49.4 Å². The van der Waals surface area contributed by atoms with E-state index in [1.165, 1.54) is 27.8 Å². The fourth-order valence-electron chi connectivity index (χ4n) is 3.74. The molecule has 0 bridgehead atoms. The average molecular weight is 354 g/mol. The Morgan fingerprint density at radius 2 is 1.35 bits per heavy atom. The van der Waals surface area contributed by atoms with Gasteiger partial charge in [0, 0.05) is 0 Å². The van der Waals surface area contributed by atoms with Gasteiger partial charge in [-0.05, 0) is 91.9 Å². The summed E-state index contributed by atoms with van der Waals surface area (Å²) in [6, 6.07) is 15.6. The maximum atomic E-state index is 5.82. The minimum Gasteiger partial charge on any atom is -0.330 e. The predicted molar refractivity (Wildman–Crippen MR) is 112 cm³/mol. The molecule has 1 atom stereocenters. The summed E-state index contributed by atoms with van der Waals surface area (Å²) in [6.07, 6.45) is 6.17. The van der Waals surface area contributed by atoms with Gasteiger partial charge in [0.05, 0.1) is 0 Å². The van der Waals surface area contributed by atoms with Crippen molar-refractivity contribution in [1.29, 1.82) is 0 Å². The Morgan fingerprint density at radius 3 is 2.04 bits per heavy atom. The molecule has 0 aliphatic rings. The molecule has 0 heterocycles. The highest BCUT2D eigenvalue weighted by Crippen LogP contribution is 2.21. The molecule has 0 fully saturated rings. The molecule has 142 valence electrons. The van der Waals surface area contributed by atoms with Crippen LogP contribution in [0.25, 0.3) is 0 Å². The van der Waals surface area contributed by atoms with Crippen LogP contribution < -0.4 is 17.2 Å². The number of rotatable bonds is 11. The molecule has 0 aliphatic carbocycles. The molecule has 2 aromatic rings. The van der Waals surface area contributed by atoms with Gasteiger partial charge in [-0.15, -0.1) is 0 Å². The minimum absolute atomic E-state index is 0.592. The van der Waals surface area contributed by atoms with Gasteiger partial charge in [-0.1, -0.05) is 49.4 Å². The van der Waals surface area contributed by atoms with Crippen molar-refractivity contribution in [2.75, 3.05) is 19.6 Å². The Bertz CT molecular complexity index is 666. The number of hydrogen-bond donors (Lipinski definition) is 3. The van der Waals surface area contributed by atoms with Crippen molar-refractivity contribution >= 4 is 0 Å². The van der Waals surface area contributed by atoms with Gasteiger partial charge in [-0.2, -0.15) is 0 Å². The number of nitrogens with two attached hydrogens (primary N) is 3. The van der Waals surface area contributed by atoms with Crippen LogP contribution in [0.15, 0.2) is 42.5 Å². The Morgan fingerprint density at radius 1 is 0.692 bits per heavy atom. The molecule has 26 heavy (non-hydrogen) atoms. The standard InChI is InChI=1S/C23H35N3/c1-18(16-22-6-3-2-5-21(22)10-13-25)15-19-8-9-20(7-4-12-24)23(17-19)11-14-26/h2-3,5-6,8-9,17-18H,4,7,10-16,24-26H2,1H3. The quantitative estimate of drug-likeness (QED) is 0.581. The molecule has 0 saturated carbocycles. The first-order chi connectivity index (χ1) is 12.7. The van der Waals surface area contributed by atoms with Crippen LogP contribution in [0.2, 0.25) is 0 Å². The van der Waals surface area contributed by atoms with Crippen LogP contribution in [0.5, 0.6) is 0 Å². The fourth-order valence-corrected chi connectivity index (χ4v) is 3.74. The molecule has 3 heteroatoms. The molecule has 0 aromatic heterocycles. The van der Waals surface area contributed by atoms with Gasteiger partial charge in [-0.3, -0.25) is 0 Å². The molecule has 0 spiro atoms. The van der Waals surface area contributed by atoms with Gasteiger partial charge in [-0.25, -0.2) is 0 Å². The van der Waals surface area contributed by atoms with Crippen molar-refractivity contribution in [1.82, 2.24) is 0 Å². The maximum absolute atomic E-state index is 5.82. The van der Waals surface area contributed by atoms with Gasteiger partial charge in [0.15, 0.2) is 0 Å². The lowest BCUT2D eigenvalue weighted by molar-refractivity contribution is 0.573. The Balaban J connectivity index is 2.06. The highest BCUT2D eigenvalue weighted by molar-refractivity contribution is 5.33. The summed E-state index contributed by atoms with van der Waals surface area (Å²) < 4.78 is 0. The van der Waals surface area contributed by atoms with Crippen LogP contribution in [0.1, 0.15) is 41.2 Å². The second-order valence-corrected chi connectivity index (χ2v) is 7.35. The summed E-state index contributed by atoms with van der Waals surface area (Å²) in [7, 11) is 0. The van der Waals surface area contributed by atoms with Crippen LogP contribution in [-0.4, -0.2) is 19.6 Å². The van der Waals surface area contributed by atoms with E-state index in [9.17, 15) is 0 Å². The molecule has 6 N–H and O–H groups in total. The van der Waals surface area contributed by atoms with E-state index in [4.69, 9.17) is 17.2 Å². The Hall–Kier alpha value is -1.68. The van der Waals surface area contributed by atoms with E-state index in [1.54, 1.807) is 0 Å². The molecule has 2 rings (SSSR count). The lowest BCUT2D eigenvalue weighted by Crippen LogP contribution is -2.11. The van der Waals surface area contributed by atoms with Crippen LogP contribution in [-0.2, 0) is 32.1 Å². The smallest absolute Gasteiger partial charge is 0.00366 e. The van der Waals surface area contributed by atoms with E-state index in [-0.39, 0.29) is 0 Å². The molecular formula is C23H35N3. The maximum Gasteiger partial charge on any atom is -0.00366 e. The van der Waals surface area contributed by atoms with Gasteiger partial charge >= 0.3 is 0 Å². The van der Waals surface area contributed by atoms with Crippen LogP contribution >= 0.6 is 0 Å². The Kier molecular flexibility index (Phi) is 8.82. The van der Waals surface area contributed by atoms with E-state index in [0.29, 0.717) is 19.0 Å². The number of benzene rings is 2. The van der Waals surface area contributed by atoms with Crippen molar-refractivity contribution in [2.24, 2.45) is 23.1 Å². The summed E-state index contributed by atoms with van der Waals surface area (Å²) in [4.78, 5) is 0. The largest absolute Gasteiger partial charge is 0.330 e. The Labute approximate surface area is 159 Å². The van der Waals surface area contributed by atoms with Crippen molar-refractivity contribution < 1.29 is 0 Å². The molecular weight excluding hydrogens is 318 g/mol. The zero-order valence-electron chi connectivity index (χ0n) is 16.2. The summed E-state index contributed by atoms with van der Waals surface area (Å²) in [5.41, 5.74) is 24.3. The monoisotopic (exact) mass is 353 g/mol. The van der Waals surface area contributed by atoms with Gasteiger partial charge < -0.3 is 17.2 Å². The first-order valence-corrected chi connectivity index (χ1v) is 9.95. The fraction of sp³-hybridized carbons (Fsp3) is 0.478. The summed E-state index contributed by atoms with van der Waals surface area (Å²) >= 11 is 0. The zero-order valence-corrected chi connectivity index (χ0v) is 16.2. The van der Waals surface area contributed by atoms with E-state index in [1.807, 2.05) is 0 Å². The van der Waals surface area contributed by atoms with Crippen LogP contribution in [0, 0.1) is 5.92 Å². The topological polar surface area (TPSA) is 78.1 Å². The molecule has 3 nitrogen and oxygen atoms in total. The average Bonchev–Trinajstić information content (AvgIpc) is 2.63. The highest BCUT2D eigenvalue weighted by Gasteiger charge is 2.10. The normalized spacial score (nSPS) is 12.3. The predicted octanol–water partition coefficient (Wildman–Crippen LogP) is 3.00. The van der Waals surface area contributed by atoms with Gasteiger partial charge in [0.1, 0.15) is 0 Å². The molecule has 1 unspecified atom stereocenters. The first-order valence-electron chi connectivity index (χ1n) is 9.95. The molecule has 0 amide bonds. The van der Waals surface area contributed by atoms with E-state index in [0.717, 1.165) is 45.1 Å². The summed E-state index contributed by atoms with van der Waals surface area (Å²) in [6.45, 7) is 4.48. The lowest BCUT2D eigenvalue weighted by Gasteiger charge is -2.17. The van der Waals surface area contributed by atoms with Gasteiger partial charge in [0.25, 0.3) is 0 Å². The number of hydrogen-bond acceptors (Lipinski definition) is 3. The van der Waals surface area contributed by atoms with Crippen molar-refractivity contribution in [3.05, 3.63) is 70.3 Å². The molecule has 0 saturated heterocycles. The SMILES string of the molecule is CC(Cc1ccc(CCCN)c(CCN)c1)Cc1ccccc1CCN. The number of aryl methyl sites for hydroxylation is 1. The lowest BCUT2D eigenvalue weighted by atomic mass is 9.89. The third kappa shape index (κ3) is 6.24. The van der Waals surface area contributed by atoms with Crippen molar-refractivity contribution in [3.8, 4) is 0 Å². The third-order valence-electron chi connectivity index (χ3n) is 5.02. The third-order valence-corrected chi connectivity index (χ3v) is 5.02. The second-order valence-electron chi connectivity index (χ2n) is 7.35. The first kappa shape index (κ1) is 20.6. The highest BCUT2D eigenvalue weighted by atomic mass is 14.5. The summed E-state index contributed by atoms with van der Waals surface area (Å²) in [5.74, 6) is 0.592. The second kappa shape index (κ2) is 11.1. The molecule has 0 radical (unpaired) electrons. The van der Waals surface area contributed by atoms with Crippen molar-refractivity contribution in [3.63, 3.8) is 0 Å². The molecule has 2 aromatic carbocycles. The van der Waals surface area contributed by atoms with E-state index < -0.39 is 0 Å². The zero-order chi connectivity index (χ0) is 18.8. The van der Waals surface area contributed by atoms with Crippen molar-refractivity contribution in [2.45, 2.75) is 45.4 Å². The van der Waals surface area contributed by atoms with Crippen LogP contribution in [0.4, 0.5) is 0 Å². The van der Waals surface area contributed by atoms with Gasteiger partial charge in [0.2, 0.25) is 0 Å². The van der Waals surface area contributed by atoms with Crippen LogP contribution in [0.3, 0.4) is 0 Å². The van der Waals surface area contributed by atoms with E-state index >= 15 is 0 Å².